The molecule has 4 N–H and O–H groups in total. The minimum Gasteiger partial charge on any atom is -0.370 e. The molecule has 1 aromatic carbocycles. The van der Waals surface area contributed by atoms with E-state index in [1.807, 2.05) is 0 Å². The quantitative estimate of drug-likeness (QED) is 0.422. The fourth-order valence-corrected chi connectivity index (χ4v) is 1.54. The van der Waals surface area contributed by atoms with Crippen LogP contribution in [-0.4, -0.2) is 31.5 Å². The van der Waals surface area contributed by atoms with Crippen molar-refractivity contribution in [1.82, 2.24) is 10.6 Å². The molecule has 1 amide bonds. The Morgan fingerprint density at radius 3 is 2.62 bits per heavy atom. The van der Waals surface area contributed by atoms with Gasteiger partial charge in [-0.3, -0.25) is 9.79 Å². The highest BCUT2D eigenvalue weighted by atomic mass is 19.1. The zero-order valence-electron chi connectivity index (χ0n) is 12.7. The summed E-state index contributed by atoms with van der Waals surface area (Å²) in [6.07, 6.45) is 0. The second kappa shape index (κ2) is 8.24. The van der Waals surface area contributed by atoms with Gasteiger partial charge in [0.15, 0.2) is 5.96 Å². The highest BCUT2D eigenvalue weighted by Gasteiger charge is 2.07. The number of amides is 1. The molecule has 0 heterocycles. The predicted molar refractivity (Wildman–Crippen MR) is 82.8 cm³/mol. The first-order valence-corrected chi connectivity index (χ1v) is 6.98. The van der Waals surface area contributed by atoms with Gasteiger partial charge in [-0.2, -0.15) is 0 Å². The van der Waals surface area contributed by atoms with E-state index >= 15 is 0 Å². The Morgan fingerprint density at radius 1 is 1.33 bits per heavy atom. The van der Waals surface area contributed by atoms with Gasteiger partial charge < -0.3 is 16.4 Å². The van der Waals surface area contributed by atoms with Gasteiger partial charge in [-0.05, 0) is 30.5 Å². The summed E-state index contributed by atoms with van der Waals surface area (Å²) in [5.41, 5.74) is 6.48. The molecule has 0 bridgehead atoms. The molecular weight excluding hydrogens is 271 g/mol. The summed E-state index contributed by atoms with van der Waals surface area (Å²) in [6.45, 7) is 7.27. The standard InChI is InChI=1S/C15H23FN4O/c1-10(2)9-20-15(17)19-7-6-18-14(21)12-5-4-11(3)13(16)8-12/h4-5,8,10H,6-7,9H2,1-3H3,(H,18,21)(H3,17,19,20). The third-order valence-corrected chi connectivity index (χ3v) is 2.78. The number of carbonyl (C=O) groups is 1. The lowest BCUT2D eigenvalue weighted by Gasteiger charge is -2.08. The number of carbonyl (C=O) groups excluding carboxylic acids is 1. The lowest BCUT2D eigenvalue weighted by atomic mass is 10.1. The lowest BCUT2D eigenvalue weighted by molar-refractivity contribution is 0.0954. The molecule has 0 unspecified atom stereocenters. The Morgan fingerprint density at radius 2 is 2.00 bits per heavy atom. The fourth-order valence-electron chi connectivity index (χ4n) is 1.54. The second-order valence-electron chi connectivity index (χ2n) is 5.27. The molecule has 116 valence electrons. The Bertz CT molecular complexity index is 514. The summed E-state index contributed by atoms with van der Waals surface area (Å²) >= 11 is 0. The molecule has 0 aliphatic rings. The van der Waals surface area contributed by atoms with Crippen LogP contribution in [0.15, 0.2) is 23.2 Å². The Balaban J connectivity index is 2.33. The number of halogens is 1. The molecule has 0 saturated heterocycles. The van der Waals surface area contributed by atoms with Gasteiger partial charge in [-0.25, -0.2) is 4.39 Å². The number of nitrogens with zero attached hydrogens (tertiary/aromatic N) is 1. The number of hydrogen-bond acceptors (Lipinski definition) is 2. The van der Waals surface area contributed by atoms with E-state index in [1.54, 1.807) is 19.1 Å². The molecule has 21 heavy (non-hydrogen) atoms. The average Bonchev–Trinajstić information content (AvgIpc) is 2.44. The van der Waals surface area contributed by atoms with Gasteiger partial charge in [0, 0.05) is 25.2 Å². The van der Waals surface area contributed by atoms with Gasteiger partial charge in [-0.1, -0.05) is 19.9 Å². The van der Waals surface area contributed by atoms with Crippen LogP contribution in [0.25, 0.3) is 0 Å². The van der Waals surface area contributed by atoms with E-state index in [2.05, 4.69) is 29.5 Å². The summed E-state index contributed by atoms with van der Waals surface area (Å²) in [4.78, 5) is 15.9. The molecule has 0 saturated carbocycles. The number of nitrogens with two attached hydrogens (primary N) is 1. The van der Waals surface area contributed by atoms with Gasteiger partial charge in [0.1, 0.15) is 5.82 Å². The maximum absolute atomic E-state index is 13.4. The number of rotatable bonds is 6. The molecule has 0 aliphatic carbocycles. The molecule has 1 aromatic rings. The van der Waals surface area contributed by atoms with Crippen molar-refractivity contribution >= 4 is 11.9 Å². The first-order chi connectivity index (χ1) is 9.90. The average molecular weight is 294 g/mol. The molecule has 6 heteroatoms. The van der Waals surface area contributed by atoms with Crippen molar-refractivity contribution < 1.29 is 9.18 Å². The van der Waals surface area contributed by atoms with Crippen LogP contribution in [0.4, 0.5) is 4.39 Å². The molecule has 5 nitrogen and oxygen atoms in total. The zero-order chi connectivity index (χ0) is 15.8. The van der Waals surface area contributed by atoms with E-state index in [9.17, 15) is 9.18 Å². The minimum absolute atomic E-state index is 0.305. The van der Waals surface area contributed by atoms with Crippen LogP contribution in [0.3, 0.4) is 0 Å². The maximum Gasteiger partial charge on any atom is 0.251 e. The van der Waals surface area contributed by atoms with E-state index in [0.717, 1.165) is 0 Å². The van der Waals surface area contributed by atoms with Crippen LogP contribution in [-0.2, 0) is 0 Å². The van der Waals surface area contributed by atoms with E-state index in [1.165, 1.54) is 6.07 Å². The molecular formula is C15H23FN4O. The predicted octanol–water partition coefficient (Wildman–Crippen LogP) is 1.42. The van der Waals surface area contributed by atoms with Crippen molar-refractivity contribution in [2.24, 2.45) is 16.6 Å². The second-order valence-corrected chi connectivity index (χ2v) is 5.27. The summed E-state index contributed by atoms with van der Waals surface area (Å²) < 4.78 is 13.4. The van der Waals surface area contributed by atoms with Gasteiger partial charge in [0.25, 0.3) is 5.91 Å². The van der Waals surface area contributed by atoms with Crippen LogP contribution in [0.5, 0.6) is 0 Å². The van der Waals surface area contributed by atoms with Crippen LogP contribution < -0.4 is 16.4 Å². The highest BCUT2D eigenvalue weighted by Crippen LogP contribution is 2.08. The van der Waals surface area contributed by atoms with E-state index in [4.69, 9.17) is 5.73 Å². The third-order valence-electron chi connectivity index (χ3n) is 2.78. The van der Waals surface area contributed by atoms with Crippen molar-refractivity contribution in [3.05, 3.63) is 35.1 Å². The Hall–Kier alpha value is -2.11. The molecule has 0 spiro atoms. The SMILES string of the molecule is Cc1ccc(C(=O)NCCNC(N)=NCC(C)C)cc1F. The number of guanidine groups is 1. The highest BCUT2D eigenvalue weighted by molar-refractivity contribution is 5.94. The molecule has 0 atom stereocenters. The van der Waals surface area contributed by atoms with Crippen LogP contribution >= 0.6 is 0 Å². The molecule has 0 fully saturated rings. The minimum atomic E-state index is -0.383. The fraction of sp³-hybridized carbons (Fsp3) is 0.467. The Kier molecular flexibility index (Phi) is 6.65. The van der Waals surface area contributed by atoms with Crippen molar-refractivity contribution in [3.63, 3.8) is 0 Å². The number of benzene rings is 1. The van der Waals surface area contributed by atoms with E-state index < -0.39 is 0 Å². The normalized spacial score (nSPS) is 11.6. The number of aliphatic imine (C=N–C) groups is 1. The molecule has 0 aromatic heterocycles. The van der Waals surface area contributed by atoms with Crippen molar-refractivity contribution in [2.75, 3.05) is 19.6 Å². The van der Waals surface area contributed by atoms with Crippen molar-refractivity contribution in [3.8, 4) is 0 Å². The third kappa shape index (κ3) is 6.25. The largest absolute Gasteiger partial charge is 0.370 e. The van der Waals surface area contributed by atoms with Gasteiger partial charge >= 0.3 is 0 Å². The first kappa shape index (κ1) is 16.9. The monoisotopic (exact) mass is 294 g/mol. The summed E-state index contributed by atoms with van der Waals surface area (Å²) in [5, 5.41) is 5.59. The summed E-state index contributed by atoms with van der Waals surface area (Å²) in [6, 6.07) is 4.41. The number of nitrogens with one attached hydrogen (secondary N) is 2. The van der Waals surface area contributed by atoms with Crippen LogP contribution in [0.2, 0.25) is 0 Å². The molecule has 0 radical (unpaired) electrons. The van der Waals surface area contributed by atoms with Gasteiger partial charge in [0.2, 0.25) is 0 Å². The van der Waals surface area contributed by atoms with Gasteiger partial charge in [0.05, 0.1) is 0 Å². The van der Waals surface area contributed by atoms with Crippen molar-refractivity contribution in [1.29, 1.82) is 0 Å². The first-order valence-electron chi connectivity index (χ1n) is 6.98. The van der Waals surface area contributed by atoms with E-state index in [0.29, 0.717) is 42.6 Å². The zero-order valence-corrected chi connectivity index (χ0v) is 12.7. The number of aryl methyl sites for hydroxylation is 1. The summed E-state index contributed by atoms with van der Waals surface area (Å²) in [7, 11) is 0. The molecule has 1 rings (SSSR count). The van der Waals surface area contributed by atoms with Crippen LogP contribution in [0.1, 0.15) is 29.8 Å². The number of hydrogen-bond donors (Lipinski definition) is 3. The van der Waals surface area contributed by atoms with Crippen LogP contribution in [0, 0.1) is 18.7 Å². The smallest absolute Gasteiger partial charge is 0.251 e. The van der Waals surface area contributed by atoms with Gasteiger partial charge in [-0.15, -0.1) is 0 Å². The topological polar surface area (TPSA) is 79.5 Å². The molecule has 0 aliphatic heterocycles. The maximum atomic E-state index is 13.4. The Labute approximate surface area is 124 Å². The van der Waals surface area contributed by atoms with E-state index in [-0.39, 0.29) is 11.7 Å². The lowest BCUT2D eigenvalue weighted by Crippen LogP contribution is -2.38. The summed E-state index contributed by atoms with van der Waals surface area (Å²) in [5.74, 6) is 0.111. The van der Waals surface area contributed by atoms with Crippen molar-refractivity contribution in [2.45, 2.75) is 20.8 Å².